The number of carbonyl (C=O) groups excluding carboxylic acids is 1. The van der Waals surface area contributed by atoms with Crippen molar-refractivity contribution in [3.63, 3.8) is 0 Å². The third-order valence-electron chi connectivity index (χ3n) is 2.76. The maximum atomic E-state index is 12.0. The Morgan fingerprint density at radius 1 is 1.35 bits per heavy atom. The molecule has 0 fully saturated rings. The summed E-state index contributed by atoms with van der Waals surface area (Å²) < 4.78 is 1.82. The number of carbonyl (C=O) groups is 1. The molecule has 0 unspecified atom stereocenters. The Hall–Kier alpha value is -2.87. The summed E-state index contributed by atoms with van der Waals surface area (Å²) in [5.41, 5.74) is 1.08. The molecular weight excluding hydrogens is 252 g/mol. The van der Waals surface area contributed by atoms with Crippen LogP contribution in [0.2, 0.25) is 0 Å². The molecule has 1 aromatic heterocycles. The van der Waals surface area contributed by atoms with E-state index in [1.807, 2.05) is 36.0 Å². The Morgan fingerprint density at radius 2 is 2.05 bits per heavy atom. The summed E-state index contributed by atoms with van der Waals surface area (Å²) in [7, 11) is 3.78. The van der Waals surface area contributed by atoms with Gasteiger partial charge in [-0.3, -0.25) is 4.79 Å². The van der Waals surface area contributed by atoms with Crippen LogP contribution in [-0.4, -0.2) is 29.5 Å². The van der Waals surface area contributed by atoms with Gasteiger partial charge in [0.2, 0.25) is 0 Å². The highest BCUT2D eigenvalue weighted by atomic mass is 16.1. The Balaban J connectivity index is 2.16. The standard InChI is InChI=1S/C15H14N4O/c1-18(2)19-10-9-17-15(19)8-7-14(20)13-5-3-12(11-16)4-6-13/h3-10H,1-2H3/b8-7+. The zero-order valence-corrected chi connectivity index (χ0v) is 11.3. The van der Waals surface area contributed by atoms with Crippen molar-refractivity contribution in [1.29, 1.82) is 5.26 Å². The Labute approximate surface area is 117 Å². The van der Waals surface area contributed by atoms with Crippen molar-refractivity contribution in [1.82, 2.24) is 9.66 Å². The highest BCUT2D eigenvalue weighted by molar-refractivity contribution is 6.06. The van der Waals surface area contributed by atoms with Crippen LogP contribution in [0.3, 0.4) is 0 Å². The third-order valence-corrected chi connectivity index (χ3v) is 2.76. The number of allylic oxidation sites excluding steroid dienone is 1. The van der Waals surface area contributed by atoms with Gasteiger partial charge in [0.05, 0.1) is 11.6 Å². The molecule has 0 spiro atoms. The summed E-state index contributed by atoms with van der Waals surface area (Å²) in [6.45, 7) is 0. The van der Waals surface area contributed by atoms with Gasteiger partial charge < -0.3 is 5.01 Å². The summed E-state index contributed by atoms with van der Waals surface area (Å²) in [6.07, 6.45) is 6.63. The molecule has 5 heteroatoms. The predicted molar refractivity (Wildman–Crippen MR) is 76.8 cm³/mol. The number of hydrogen-bond donors (Lipinski definition) is 0. The molecule has 0 aliphatic heterocycles. The monoisotopic (exact) mass is 266 g/mol. The van der Waals surface area contributed by atoms with Crippen LogP contribution in [0, 0.1) is 11.3 Å². The number of benzene rings is 1. The second kappa shape index (κ2) is 5.85. The fourth-order valence-corrected chi connectivity index (χ4v) is 1.72. The van der Waals surface area contributed by atoms with Gasteiger partial charge in [-0.25, -0.2) is 9.66 Å². The van der Waals surface area contributed by atoms with Crippen LogP contribution in [0.4, 0.5) is 0 Å². The lowest BCUT2D eigenvalue weighted by Crippen LogP contribution is -2.25. The molecule has 0 atom stereocenters. The molecule has 2 aromatic rings. The molecular formula is C15H14N4O. The Morgan fingerprint density at radius 3 is 2.65 bits per heavy atom. The van der Waals surface area contributed by atoms with Gasteiger partial charge in [0, 0.05) is 32.1 Å². The largest absolute Gasteiger partial charge is 0.317 e. The molecule has 2 rings (SSSR count). The second-order valence-corrected chi connectivity index (χ2v) is 4.36. The van der Waals surface area contributed by atoms with Crippen molar-refractivity contribution in [3.05, 3.63) is 59.7 Å². The lowest BCUT2D eigenvalue weighted by Gasteiger charge is -2.14. The molecule has 1 aromatic carbocycles. The Bertz CT molecular complexity index is 675. The number of rotatable bonds is 4. The first-order valence-corrected chi connectivity index (χ1v) is 6.05. The maximum Gasteiger partial charge on any atom is 0.185 e. The molecule has 5 nitrogen and oxygen atoms in total. The molecule has 0 saturated carbocycles. The van der Waals surface area contributed by atoms with E-state index >= 15 is 0 Å². The molecule has 0 aliphatic rings. The highest BCUT2D eigenvalue weighted by Crippen LogP contribution is 2.07. The first kappa shape index (κ1) is 13.6. The number of hydrogen-bond acceptors (Lipinski definition) is 4. The van der Waals surface area contributed by atoms with E-state index in [1.54, 1.807) is 36.5 Å². The van der Waals surface area contributed by atoms with E-state index < -0.39 is 0 Å². The summed E-state index contributed by atoms with van der Waals surface area (Å²) in [5, 5.41) is 10.6. The lowest BCUT2D eigenvalue weighted by molar-refractivity contribution is 0.104. The minimum atomic E-state index is -0.122. The molecule has 0 saturated heterocycles. The minimum Gasteiger partial charge on any atom is -0.317 e. The summed E-state index contributed by atoms with van der Waals surface area (Å²) in [5.74, 6) is 0.555. The van der Waals surface area contributed by atoms with Crippen molar-refractivity contribution in [2.45, 2.75) is 0 Å². The zero-order chi connectivity index (χ0) is 14.5. The third kappa shape index (κ3) is 2.93. The number of nitrogens with zero attached hydrogens (tertiary/aromatic N) is 4. The van der Waals surface area contributed by atoms with Crippen LogP contribution in [0.25, 0.3) is 6.08 Å². The number of nitriles is 1. The second-order valence-electron chi connectivity index (χ2n) is 4.36. The molecule has 0 radical (unpaired) electrons. The van der Waals surface area contributed by atoms with Gasteiger partial charge in [0.25, 0.3) is 0 Å². The van der Waals surface area contributed by atoms with E-state index in [0.29, 0.717) is 17.0 Å². The van der Waals surface area contributed by atoms with E-state index in [1.165, 1.54) is 6.08 Å². The van der Waals surface area contributed by atoms with Crippen LogP contribution in [0.5, 0.6) is 0 Å². The maximum absolute atomic E-state index is 12.0. The van der Waals surface area contributed by atoms with Crippen LogP contribution < -0.4 is 5.01 Å². The number of aromatic nitrogens is 2. The summed E-state index contributed by atoms with van der Waals surface area (Å²) in [4.78, 5) is 16.2. The van der Waals surface area contributed by atoms with Crippen molar-refractivity contribution >= 4 is 11.9 Å². The quantitative estimate of drug-likeness (QED) is 0.626. The molecule has 20 heavy (non-hydrogen) atoms. The zero-order valence-electron chi connectivity index (χ0n) is 11.3. The normalized spacial score (nSPS) is 10.4. The van der Waals surface area contributed by atoms with E-state index in [9.17, 15) is 4.79 Å². The number of ketones is 1. The average molecular weight is 266 g/mol. The van der Waals surface area contributed by atoms with Gasteiger partial charge in [0.1, 0.15) is 0 Å². The van der Waals surface area contributed by atoms with E-state index in [4.69, 9.17) is 5.26 Å². The van der Waals surface area contributed by atoms with E-state index in [-0.39, 0.29) is 5.78 Å². The van der Waals surface area contributed by atoms with Crippen LogP contribution in [0.15, 0.2) is 42.7 Å². The minimum absolute atomic E-state index is 0.122. The van der Waals surface area contributed by atoms with Crippen LogP contribution in [0.1, 0.15) is 21.7 Å². The van der Waals surface area contributed by atoms with Crippen molar-refractivity contribution in [3.8, 4) is 6.07 Å². The lowest BCUT2D eigenvalue weighted by atomic mass is 10.1. The van der Waals surface area contributed by atoms with Gasteiger partial charge in [-0.2, -0.15) is 5.26 Å². The summed E-state index contributed by atoms with van der Waals surface area (Å²) >= 11 is 0. The highest BCUT2D eigenvalue weighted by Gasteiger charge is 2.04. The SMILES string of the molecule is CN(C)n1ccnc1/C=C/C(=O)c1ccc(C#N)cc1. The van der Waals surface area contributed by atoms with Gasteiger partial charge in [-0.05, 0) is 36.4 Å². The van der Waals surface area contributed by atoms with Crippen LogP contribution in [-0.2, 0) is 0 Å². The van der Waals surface area contributed by atoms with Crippen molar-refractivity contribution in [2.24, 2.45) is 0 Å². The van der Waals surface area contributed by atoms with Crippen molar-refractivity contribution in [2.75, 3.05) is 19.1 Å². The average Bonchev–Trinajstić information content (AvgIpc) is 2.93. The van der Waals surface area contributed by atoms with E-state index in [2.05, 4.69) is 4.98 Å². The smallest absolute Gasteiger partial charge is 0.185 e. The van der Waals surface area contributed by atoms with Gasteiger partial charge in [-0.1, -0.05) is 0 Å². The Kier molecular flexibility index (Phi) is 3.96. The fraction of sp³-hybridized carbons (Fsp3) is 0.133. The molecule has 0 amide bonds. The molecule has 1 heterocycles. The topological polar surface area (TPSA) is 61.9 Å². The number of imidazole rings is 1. The fourth-order valence-electron chi connectivity index (χ4n) is 1.72. The predicted octanol–water partition coefficient (Wildman–Crippen LogP) is 1.85. The van der Waals surface area contributed by atoms with Crippen molar-refractivity contribution < 1.29 is 4.79 Å². The first-order valence-electron chi connectivity index (χ1n) is 6.05. The van der Waals surface area contributed by atoms with E-state index in [0.717, 1.165) is 0 Å². The van der Waals surface area contributed by atoms with Gasteiger partial charge >= 0.3 is 0 Å². The molecule has 100 valence electrons. The van der Waals surface area contributed by atoms with Gasteiger partial charge in [0.15, 0.2) is 11.6 Å². The van der Waals surface area contributed by atoms with Gasteiger partial charge in [-0.15, -0.1) is 0 Å². The molecule has 0 N–H and O–H groups in total. The van der Waals surface area contributed by atoms with Crippen LogP contribution >= 0.6 is 0 Å². The first-order chi connectivity index (χ1) is 9.61. The summed E-state index contributed by atoms with van der Waals surface area (Å²) in [6, 6.07) is 8.56. The molecule has 0 aliphatic carbocycles. The molecule has 0 bridgehead atoms.